The minimum atomic E-state index is -0.943. The van der Waals surface area contributed by atoms with Gasteiger partial charge in [0.05, 0.1) is 31.0 Å². The maximum Gasteiger partial charge on any atom is 0.296 e. The molecule has 40 heavy (non-hydrogen) atoms. The molecule has 0 saturated carbocycles. The zero-order chi connectivity index (χ0) is 28.2. The molecule has 2 heterocycles. The van der Waals surface area contributed by atoms with Gasteiger partial charge in [-0.15, -0.1) is 0 Å². The van der Waals surface area contributed by atoms with Gasteiger partial charge in [0.2, 0.25) is 0 Å². The van der Waals surface area contributed by atoms with E-state index in [-0.39, 0.29) is 29.4 Å². The Balaban J connectivity index is 1.50. The van der Waals surface area contributed by atoms with Crippen molar-refractivity contribution < 1.29 is 33.7 Å². The van der Waals surface area contributed by atoms with Gasteiger partial charge in [0, 0.05) is 5.56 Å². The number of phenols is 1. The number of carbonyl (C=O) groups is 2. The molecule has 1 aromatic heterocycles. The lowest BCUT2D eigenvalue weighted by Crippen LogP contribution is -2.29. The van der Waals surface area contributed by atoms with Crippen LogP contribution in [0.4, 0.5) is 0 Å². The number of aromatic hydroxyl groups is 1. The highest BCUT2D eigenvalue weighted by molar-refractivity contribution is 6.46. The van der Waals surface area contributed by atoms with Gasteiger partial charge in [0.1, 0.15) is 23.9 Å². The van der Waals surface area contributed by atoms with Gasteiger partial charge in [-0.3, -0.25) is 9.59 Å². The van der Waals surface area contributed by atoms with E-state index in [1.807, 2.05) is 31.2 Å². The number of ketones is 1. The maximum atomic E-state index is 13.3. The number of carbonyl (C=O) groups excluding carboxylic acids is 2. The highest BCUT2D eigenvalue weighted by Gasteiger charge is 2.46. The molecular formula is C32H29NO7. The number of phenolic OH excluding ortho intramolecular Hbond substituents is 1. The molecule has 8 nitrogen and oxygen atoms in total. The zero-order valence-corrected chi connectivity index (χ0v) is 22.2. The second kappa shape index (κ2) is 11.4. The standard InChI is InChI=1S/C32H29NO7/c1-3-38-27-17-22(12-15-26(27)34)29-28(31(36)32(37)33(29)18-25-9-6-16-39-25)30(35)21-10-13-24(14-11-21)40-19-23-8-5-4-7-20(23)2/h4-17,29,34-35H,3,18-19H2,1-2H3/b30-28+. The number of amides is 1. The van der Waals surface area contributed by atoms with Crippen molar-refractivity contribution in [2.45, 2.75) is 33.0 Å². The Morgan fingerprint density at radius 1 is 0.975 bits per heavy atom. The largest absolute Gasteiger partial charge is 0.507 e. The highest BCUT2D eigenvalue weighted by Crippen LogP contribution is 2.42. The first kappa shape index (κ1) is 26.6. The van der Waals surface area contributed by atoms with E-state index in [1.54, 1.807) is 55.5 Å². The predicted molar refractivity (Wildman–Crippen MR) is 148 cm³/mol. The van der Waals surface area contributed by atoms with Gasteiger partial charge >= 0.3 is 0 Å². The maximum absolute atomic E-state index is 13.3. The van der Waals surface area contributed by atoms with Crippen molar-refractivity contribution in [1.29, 1.82) is 0 Å². The van der Waals surface area contributed by atoms with E-state index >= 15 is 0 Å². The van der Waals surface area contributed by atoms with Crippen LogP contribution in [-0.2, 0) is 22.7 Å². The molecule has 4 aromatic rings. The second-order valence-corrected chi connectivity index (χ2v) is 9.41. The van der Waals surface area contributed by atoms with Gasteiger partial charge < -0.3 is 29.0 Å². The summed E-state index contributed by atoms with van der Waals surface area (Å²) >= 11 is 0. The smallest absolute Gasteiger partial charge is 0.296 e. The van der Waals surface area contributed by atoms with E-state index in [0.717, 1.165) is 11.1 Å². The molecule has 2 N–H and O–H groups in total. The van der Waals surface area contributed by atoms with Crippen molar-refractivity contribution in [2.24, 2.45) is 0 Å². The van der Waals surface area contributed by atoms with Crippen molar-refractivity contribution >= 4 is 17.4 Å². The third kappa shape index (κ3) is 5.29. The number of Topliss-reactive ketones (excluding diaryl/α,β-unsaturated/α-hetero) is 1. The SMILES string of the molecule is CCOc1cc(C2/C(=C(\O)c3ccc(OCc4ccccc4C)cc3)C(=O)C(=O)N2Cc2ccco2)ccc1O. The third-order valence-electron chi connectivity index (χ3n) is 6.83. The van der Waals surface area contributed by atoms with Crippen molar-refractivity contribution in [3.05, 3.63) is 119 Å². The summed E-state index contributed by atoms with van der Waals surface area (Å²) in [5.74, 6) is -0.706. The Morgan fingerprint density at radius 2 is 1.75 bits per heavy atom. The number of rotatable bonds is 9. The van der Waals surface area contributed by atoms with Crippen molar-refractivity contribution in [3.8, 4) is 17.2 Å². The first-order valence-electron chi connectivity index (χ1n) is 12.9. The van der Waals surface area contributed by atoms with E-state index < -0.39 is 17.7 Å². The van der Waals surface area contributed by atoms with Crippen molar-refractivity contribution in [3.63, 3.8) is 0 Å². The number of furan rings is 1. The molecule has 8 heteroatoms. The van der Waals surface area contributed by atoms with Gasteiger partial charge in [0.25, 0.3) is 11.7 Å². The lowest BCUT2D eigenvalue weighted by molar-refractivity contribution is -0.140. The number of hydrogen-bond donors (Lipinski definition) is 2. The molecule has 204 valence electrons. The van der Waals surface area contributed by atoms with Crippen LogP contribution in [0.25, 0.3) is 5.76 Å². The Labute approximate surface area is 231 Å². The highest BCUT2D eigenvalue weighted by atomic mass is 16.5. The van der Waals surface area contributed by atoms with E-state index in [1.165, 1.54) is 17.2 Å². The minimum absolute atomic E-state index is 0.00947. The number of aliphatic hydroxyl groups is 1. The molecule has 3 aromatic carbocycles. The van der Waals surface area contributed by atoms with Crippen LogP contribution in [0.3, 0.4) is 0 Å². The van der Waals surface area contributed by atoms with Crippen LogP contribution in [0.5, 0.6) is 17.2 Å². The van der Waals surface area contributed by atoms with Crippen LogP contribution >= 0.6 is 0 Å². The van der Waals surface area contributed by atoms with Crippen LogP contribution in [0, 0.1) is 6.92 Å². The molecule has 1 amide bonds. The lowest BCUT2D eigenvalue weighted by Gasteiger charge is -2.25. The van der Waals surface area contributed by atoms with Crippen molar-refractivity contribution in [1.82, 2.24) is 4.90 Å². The monoisotopic (exact) mass is 539 g/mol. The Morgan fingerprint density at radius 3 is 2.45 bits per heavy atom. The van der Waals surface area contributed by atoms with Crippen LogP contribution < -0.4 is 9.47 Å². The summed E-state index contributed by atoms with van der Waals surface area (Å²) in [5.41, 5.74) is 2.96. The molecule has 1 atom stereocenters. The summed E-state index contributed by atoms with van der Waals surface area (Å²) in [6.07, 6.45) is 1.48. The number of hydrogen-bond acceptors (Lipinski definition) is 7. The van der Waals surface area contributed by atoms with Crippen LogP contribution in [0.1, 0.15) is 41.0 Å². The minimum Gasteiger partial charge on any atom is -0.507 e. The van der Waals surface area contributed by atoms with Gasteiger partial charge in [-0.25, -0.2) is 0 Å². The fourth-order valence-electron chi connectivity index (χ4n) is 4.73. The quantitative estimate of drug-likeness (QED) is 0.155. The summed E-state index contributed by atoms with van der Waals surface area (Å²) in [4.78, 5) is 27.9. The topological polar surface area (TPSA) is 109 Å². The van der Waals surface area contributed by atoms with Gasteiger partial charge in [-0.2, -0.15) is 0 Å². The molecular weight excluding hydrogens is 510 g/mol. The molecule has 0 spiro atoms. The van der Waals surface area contributed by atoms with E-state index in [0.29, 0.717) is 35.9 Å². The molecule has 0 bridgehead atoms. The van der Waals surface area contributed by atoms with Crippen LogP contribution in [-0.4, -0.2) is 33.4 Å². The number of aryl methyl sites for hydroxylation is 1. The fraction of sp³-hybridized carbons (Fsp3) is 0.188. The first-order chi connectivity index (χ1) is 19.4. The van der Waals surface area contributed by atoms with Gasteiger partial charge in [-0.05, 0) is 79.1 Å². The number of aliphatic hydroxyl groups excluding tert-OH is 1. The molecule has 1 aliphatic heterocycles. The Kier molecular flexibility index (Phi) is 7.59. The van der Waals surface area contributed by atoms with E-state index in [2.05, 4.69) is 0 Å². The number of ether oxygens (including phenoxy) is 2. The van der Waals surface area contributed by atoms with Gasteiger partial charge in [0.15, 0.2) is 11.5 Å². The third-order valence-corrected chi connectivity index (χ3v) is 6.83. The molecule has 0 radical (unpaired) electrons. The Bertz CT molecular complexity index is 1550. The molecule has 1 aliphatic rings. The molecule has 1 fully saturated rings. The average molecular weight is 540 g/mol. The average Bonchev–Trinajstić information content (AvgIpc) is 3.56. The molecule has 1 saturated heterocycles. The molecule has 5 rings (SSSR count). The second-order valence-electron chi connectivity index (χ2n) is 9.41. The zero-order valence-electron chi connectivity index (χ0n) is 22.2. The van der Waals surface area contributed by atoms with E-state index in [9.17, 15) is 19.8 Å². The van der Waals surface area contributed by atoms with Crippen LogP contribution in [0.2, 0.25) is 0 Å². The summed E-state index contributed by atoms with van der Waals surface area (Å²) < 4.78 is 16.9. The van der Waals surface area contributed by atoms with E-state index in [4.69, 9.17) is 13.9 Å². The van der Waals surface area contributed by atoms with Gasteiger partial charge in [-0.1, -0.05) is 30.3 Å². The summed E-state index contributed by atoms with van der Waals surface area (Å²) in [6, 6.07) is 21.7. The normalized spacial score (nSPS) is 16.4. The predicted octanol–water partition coefficient (Wildman–Crippen LogP) is 5.89. The van der Waals surface area contributed by atoms with Crippen molar-refractivity contribution in [2.75, 3.05) is 6.61 Å². The number of likely N-dealkylation sites (tertiary alicyclic amines) is 1. The number of nitrogens with zero attached hydrogens (tertiary/aromatic N) is 1. The fourth-order valence-corrected chi connectivity index (χ4v) is 4.73. The summed E-state index contributed by atoms with van der Waals surface area (Å²) in [7, 11) is 0. The molecule has 0 aliphatic carbocycles. The first-order valence-corrected chi connectivity index (χ1v) is 12.9. The summed E-state index contributed by atoms with van der Waals surface area (Å²) in [6.45, 7) is 4.50. The number of benzene rings is 3. The van der Waals surface area contributed by atoms with Crippen LogP contribution in [0.15, 0.2) is 95.1 Å². The summed E-state index contributed by atoms with van der Waals surface area (Å²) in [5, 5.41) is 21.6. The molecule has 1 unspecified atom stereocenters. The lowest BCUT2D eigenvalue weighted by atomic mass is 9.95. The Hall–Kier alpha value is -4.98.